The Hall–Kier alpha value is -3.42. The molecular weight excluding hydrogens is 344 g/mol. The van der Waals surface area contributed by atoms with Crippen molar-refractivity contribution in [2.75, 3.05) is 10.6 Å². The number of aromatic nitrogens is 3. The first-order chi connectivity index (χ1) is 13.0. The summed E-state index contributed by atoms with van der Waals surface area (Å²) in [5.41, 5.74) is 3.35. The highest BCUT2D eigenvalue weighted by atomic mass is 16.2. The third kappa shape index (κ3) is 4.41. The number of nitrogens with zero attached hydrogens (tertiary/aromatic N) is 3. The zero-order chi connectivity index (χ0) is 19.4. The first-order valence-corrected chi connectivity index (χ1v) is 8.78. The lowest BCUT2D eigenvalue weighted by Gasteiger charge is -2.11. The van der Waals surface area contributed by atoms with Gasteiger partial charge in [-0.05, 0) is 63.2 Å². The molecule has 0 fully saturated rings. The fourth-order valence-corrected chi connectivity index (χ4v) is 2.62. The molecule has 8 nitrogen and oxygen atoms in total. The van der Waals surface area contributed by atoms with Crippen LogP contribution in [-0.4, -0.2) is 33.0 Å². The summed E-state index contributed by atoms with van der Waals surface area (Å²) in [5, 5.41) is 16.4. The smallest absolute Gasteiger partial charge is 0.319 e. The van der Waals surface area contributed by atoms with Gasteiger partial charge in [-0.1, -0.05) is 5.21 Å². The van der Waals surface area contributed by atoms with Crippen molar-refractivity contribution in [3.63, 3.8) is 0 Å². The normalized spacial score (nSPS) is 10.8. The van der Waals surface area contributed by atoms with Crippen molar-refractivity contribution in [3.8, 4) is 0 Å². The molecule has 140 valence electrons. The van der Waals surface area contributed by atoms with Gasteiger partial charge in [0.1, 0.15) is 5.52 Å². The average molecular weight is 366 g/mol. The van der Waals surface area contributed by atoms with Crippen LogP contribution in [0, 0.1) is 0 Å². The van der Waals surface area contributed by atoms with Crippen LogP contribution in [0.4, 0.5) is 16.2 Å². The first-order valence-electron chi connectivity index (χ1n) is 8.78. The van der Waals surface area contributed by atoms with Gasteiger partial charge in [0, 0.05) is 29.5 Å². The van der Waals surface area contributed by atoms with Crippen LogP contribution in [0.25, 0.3) is 11.0 Å². The van der Waals surface area contributed by atoms with Crippen LogP contribution in [0.15, 0.2) is 42.5 Å². The third-order valence-corrected chi connectivity index (χ3v) is 3.90. The van der Waals surface area contributed by atoms with Crippen LogP contribution < -0.4 is 16.0 Å². The maximum atomic E-state index is 12.5. The molecule has 0 unspecified atom stereocenters. The Morgan fingerprint density at radius 3 is 2.33 bits per heavy atom. The number of anilines is 2. The molecule has 3 amide bonds. The molecule has 2 aromatic carbocycles. The Labute approximate surface area is 156 Å². The number of hydrogen-bond donors (Lipinski definition) is 3. The van der Waals surface area contributed by atoms with Crippen LogP contribution in [0.1, 0.15) is 31.1 Å². The van der Waals surface area contributed by atoms with E-state index in [1.54, 1.807) is 41.1 Å². The molecule has 8 heteroatoms. The Bertz CT molecular complexity index is 962. The molecule has 0 atom stereocenters. The number of carbonyl (C=O) groups excluding carboxylic acids is 2. The monoisotopic (exact) mass is 366 g/mol. The van der Waals surface area contributed by atoms with Crippen molar-refractivity contribution in [3.05, 3.63) is 48.0 Å². The summed E-state index contributed by atoms with van der Waals surface area (Å²) >= 11 is 0. The first kappa shape index (κ1) is 18.4. The Morgan fingerprint density at radius 1 is 1.04 bits per heavy atom. The number of amides is 3. The number of carbonyl (C=O) groups is 2. The number of hydrogen-bond acceptors (Lipinski definition) is 4. The van der Waals surface area contributed by atoms with E-state index < -0.39 is 0 Å². The van der Waals surface area contributed by atoms with Crippen molar-refractivity contribution in [1.29, 1.82) is 0 Å². The number of fused-ring (bicyclic) bond motifs is 1. The van der Waals surface area contributed by atoms with Gasteiger partial charge in [-0.3, -0.25) is 4.79 Å². The van der Waals surface area contributed by atoms with E-state index in [4.69, 9.17) is 0 Å². The number of urea groups is 1. The third-order valence-electron chi connectivity index (χ3n) is 3.90. The van der Waals surface area contributed by atoms with Crippen molar-refractivity contribution >= 4 is 34.3 Å². The molecule has 0 bridgehead atoms. The van der Waals surface area contributed by atoms with Crippen molar-refractivity contribution in [1.82, 2.24) is 20.3 Å². The van der Waals surface area contributed by atoms with E-state index in [2.05, 4.69) is 26.3 Å². The summed E-state index contributed by atoms with van der Waals surface area (Å²) in [6, 6.07) is 12.0. The lowest BCUT2D eigenvalue weighted by molar-refractivity contribution is 0.102. The van der Waals surface area contributed by atoms with Crippen LogP contribution in [0.3, 0.4) is 0 Å². The SMILES string of the molecule is CCn1nnc2cc(C(=O)Nc3ccc(NC(=O)NC(C)C)cc3)ccc21. The van der Waals surface area contributed by atoms with E-state index in [1.807, 2.05) is 26.8 Å². The van der Waals surface area contributed by atoms with Gasteiger partial charge in [-0.2, -0.15) is 0 Å². The van der Waals surface area contributed by atoms with Crippen LogP contribution >= 0.6 is 0 Å². The van der Waals surface area contributed by atoms with Gasteiger partial charge >= 0.3 is 6.03 Å². The number of aryl methyl sites for hydroxylation is 1. The number of rotatable bonds is 5. The molecule has 3 rings (SSSR count). The van der Waals surface area contributed by atoms with Crippen LogP contribution in [0.5, 0.6) is 0 Å². The average Bonchev–Trinajstić information content (AvgIpc) is 3.05. The minimum Gasteiger partial charge on any atom is -0.336 e. The summed E-state index contributed by atoms with van der Waals surface area (Å²) in [7, 11) is 0. The highest BCUT2D eigenvalue weighted by Gasteiger charge is 2.10. The summed E-state index contributed by atoms with van der Waals surface area (Å²) in [6.07, 6.45) is 0. The van der Waals surface area contributed by atoms with Gasteiger partial charge in [0.15, 0.2) is 0 Å². The summed E-state index contributed by atoms with van der Waals surface area (Å²) in [5.74, 6) is -0.235. The second kappa shape index (κ2) is 7.86. The van der Waals surface area contributed by atoms with Gasteiger partial charge in [0.2, 0.25) is 0 Å². The van der Waals surface area contributed by atoms with E-state index in [9.17, 15) is 9.59 Å². The second-order valence-corrected chi connectivity index (χ2v) is 6.39. The number of nitrogens with one attached hydrogen (secondary N) is 3. The van der Waals surface area contributed by atoms with E-state index in [0.29, 0.717) is 22.5 Å². The standard InChI is InChI=1S/C19H22N6O2/c1-4-25-17-10-5-13(11-16(17)23-24-25)18(26)21-14-6-8-15(9-7-14)22-19(27)20-12(2)3/h5-12H,4H2,1-3H3,(H,21,26)(H2,20,22,27). The highest BCUT2D eigenvalue weighted by Crippen LogP contribution is 2.17. The number of benzene rings is 2. The van der Waals surface area contributed by atoms with Gasteiger partial charge < -0.3 is 16.0 Å². The molecule has 3 aromatic rings. The molecule has 27 heavy (non-hydrogen) atoms. The maximum Gasteiger partial charge on any atom is 0.319 e. The zero-order valence-electron chi connectivity index (χ0n) is 15.5. The maximum absolute atomic E-state index is 12.5. The molecule has 0 aliphatic heterocycles. The molecule has 0 saturated heterocycles. The molecule has 1 aromatic heterocycles. The minimum atomic E-state index is -0.268. The predicted octanol–water partition coefficient (Wildman–Crippen LogP) is 3.23. The quantitative estimate of drug-likeness (QED) is 0.645. The summed E-state index contributed by atoms with van der Waals surface area (Å²) in [4.78, 5) is 24.2. The second-order valence-electron chi connectivity index (χ2n) is 6.39. The predicted molar refractivity (Wildman–Crippen MR) is 105 cm³/mol. The van der Waals surface area contributed by atoms with Crippen molar-refractivity contribution < 1.29 is 9.59 Å². The van der Waals surface area contributed by atoms with E-state index in [0.717, 1.165) is 12.1 Å². The minimum absolute atomic E-state index is 0.0554. The lowest BCUT2D eigenvalue weighted by Crippen LogP contribution is -2.34. The van der Waals surface area contributed by atoms with Gasteiger partial charge in [0.25, 0.3) is 5.91 Å². The molecule has 0 saturated carbocycles. The highest BCUT2D eigenvalue weighted by molar-refractivity contribution is 6.06. The Morgan fingerprint density at radius 2 is 1.70 bits per heavy atom. The van der Waals surface area contributed by atoms with Gasteiger partial charge in [0.05, 0.1) is 5.52 Å². The van der Waals surface area contributed by atoms with Gasteiger partial charge in [-0.25, -0.2) is 9.48 Å². The molecular formula is C19H22N6O2. The molecule has 3 N–H and O–H groups in total. The Kier molecular flexibility index (Phi) is 5.35. The molecule has 1 heterocycles. The van der Waals surface area contributed by atoms with Crippen LogP contribution in [0.2, 0.25) is 0 Å². The lowest BCUT2D eigenvalue weighted by atomic mass is 10.1. The molecule has 0 aliphatic carbocycles. The van der Waals surface area contributed by atoms with Crippen molar-refractivity contribution in [2.24, 2.45) is 0 Å². The van der Waals surface area contributed by atoms with E-state index in [-0.39, 0.29) is 18.0 Å². The van der Waals surface area contributed by atoms with E-state index in [1.165, 1.54) is 0 Å². The zero-order valence-corrected chi connectivity index (χ0v) is 15.5. The Balaban J connectivity index is 1.66. The molecule has 0 aliphatic rings. The fraction of sp³-hybridized carbons (Fsp3) is 0.263. The van der Waals surface area contributed by atoms with Crippen LogP contribution in [-0.2, 0) is 6.54 Å². The van der Waals surface area contributed by atoms with E-state index >= 15 is 0 Å². The summed E-state index contributed by atoms with van der Waals surface area (Å²) < 4.78 is 1.78. The molecule has 0 radical (unpaired) electrons. The summed E-state index contributed by atoms with van der Waals surface area (Å²) in [6.45, 7) is 6.48. The van der Waals surface area contributed by atoms with Crippen molar-refractivity contribution in [2.45, 2.75) is 33.4 Å². The fourth-order valence-electron chi connectivity index (χ4n) is 2.62. The topological polar surface area (TPSA) is 101 Å². The largest absolute Gasteiger partial charge is 0.336 e. The molecule has 0 spiro atoms. The van der Waals surface area contributed by atoms with Gasteiger partial charge in [-0.15, -0.1) is 5.10 Å².